The van der Waals surface area contributed by atoms with Crippen molar-refractivity contribution in [2.75, 3.05) is 0 Å². The summed E-state index contributed by atoms with van der Waals surface area (Å²) in [5, 5.41) is 0. The van der Waals surface area contributed by atoms with Crippen LogP contribution in [0.15, 0.2) is 53.4 Å². The fraction of sp³-hybridized carbons (Fsp3) is 0.500. The molecule has 2 rings (SSSR count). The second kappa shape index (κ2) is 13.4. The van der Waals surface area contributed by atoms with Gasteiger partial charge in [0.2, 0.25) is 0 Å². The van der Waals surface area contributed by atoms with Crippen LogP contribution < -0.4 is 10.6 Å². The predicted octanol–water partition coefficient (Wildman–Crippen LogP) is 6.52. The number of benzene rings is 2. The Bertz CT molecular complexity index is 817. The maximum Gasteiger partial charge on any atom is 0.312 e. The summed E-state index contributed by atoms with van der Waals surface area (Å²) in [5.74, 6) is 6.04. The summed E-state index contributed by atoms with van der Waals surface area (Å²) in [4.78, 5) is -0.0100. The van der Waals surface area contributed by atoms with Crippen LogP contribution in [0.5, 0.6) is 11.5 Å². The fourth-order valence-electron chi connectivity index (χ4n) is 3.41. The van der Waals surface area contributed by atoms with Crippen LogP contribution in [0.4, 0.5) is 0 Å². The van der Waals surface area contributed by atoms with Crippen LogP contribution in [0.2, 0.25) is 0 Å². The Kier molecular flexibility index (Phi) is 10.9. The first-order chi connectivity index (χ1) is 14.5. The molecular weight excluding hydrogens is 398 g/mol. The van der Waals surface area contributed by atoms with Gasteiger partial charge in [-0.3, -0.25) is 0 Å². The number of unbranched alkanes of at least 4 members (excludes halogenated alkanes) is 9. The molecule has 0 amide bonds. The van der Waals surface area contributed by atoms with E-state index in [-0.39, 0.29) is 4.90 Å². The maximum atomic E-state index is 11.5. The molecular formula is C24H35NO4S. The third-order valence-electron chi connectivity index (χ3n) is 5.22. The van der Waals surface area contributed by atoms with Gasteiger partial charge in [-0.25, -0.2) is 0 Å². The number of hydrogen-bond acceptors (Lipinski definition) is 5. The van der Waals surface area contributed by atoms with Crippen LogP contribution in [-0.4, -0.2) is 8.42 Å². The van der Waals surface area contributed by atoms with E-state index in [1.54, 1.807) is 12.1 Å². The minimum Gasteiger partial charge on any atom is -0.457 e. The quantitative estimate of drug-likeness (QED) is 0.255. The van der Waals surface area contributed by atoms with Gasteiger partial charge in [-0.15, -0.1) is 0 Å². The Morgan fingerprint density at radius 3 is 1.67 bits per heavy atom. The summed E-state index contributed by atoms with van der Waals surface area (Å²) in [6.45, 7) is 2.26. The predicted molar refractivity (Wildman–Crippen MR) is 121 cm³/mol. The third kappa shape index (κ3) is 8.86. The van der Waals surface area contributed by atoms with Gasteiger partial charge in [-0.05, 0) is 54.8 Å². The molecule has 0 aromatic heterocycles. The minimum absolute atomic E-state index is 0.0100. The van der Waals surface area contributed by atoms with Gasteiger partial charge in [0, 0.05) is 0 Å². The monoisotopic (exact) mass is 433 g/mol. The number of ether oxygens (including phenoxy) is 1. The molecule has 0 saturated carbocycles. The standard InChI is InChI=1S/C24H35NO4S/c1-2-3-4-5-6-7-8-9-10-11-12-21-13-15-22(16-14-21)28-23-17-19-24(20-18-23)30(26,27)29-25/h13-20H,2-12,25H2,1H3. The molecule has 2 aromatic carbocycles. The summed E-state index contributed by atoms with van der Waals surface area (Å²) in [7, 11) is -3.89. The van der Waals surface area contributed by atoms with Crippen LogP contribution in [0.1, 0.15) is 76.7 Å². The van der Waals surface area contributed by atoms with Crippen LogP contribution in [0.3, 0.4) is 0 Å². The molecule has 6 heteroatoms. The Labute approximate surface area is 181 Å². The molecule has 0 unspecified atom stereocenters. The average molecular weight is 434 g/mol. The summed E-state index contributed by atoms with van der Waals surface area (Å²) in [5.41, 5.74) is 1.31. The fourth-order valence-corrected chi connectivity index (χ4v) is 3.99. The highest BCUT2D eigenvalue weighted by molar-refractivity contribution is 7.86. The van der Waals surface area contributed by atoms with Gasteiger partial charge in [0.05, 0.1) is 4.90 Å². The van der Waals surface area contributed by atoms with Gasteiger partial charge in [-0.2, -0.15) is 18.6 Å². The Morgan fingerprint density at radius 2 is 1.17 bits per heavy atom. The summed E-state index contributed by atoms with van der Waals surface area (Å²) >= 11 is 0. The van der Waals surface area contributed by atoms with E-state index >= 15 is 0 Å². The molecule has 166 valence electrons. The van der Waals surface area contributed by atoms with Crippen LogP contribution in [0.25, 0.3) is 0 Å². The average Bonchev–Trinajstić information content (AvgIpc) is 2.76. The first-order valence-corrected chi connectivity index (χ1v) is 12.5. The molecule has 0 bridgehead atoms. The van der Waals surface area contributed by atoms with E-state index in [1.807, 2.05) is 12.1 Å². The number of aryl methyl sites for hydroxylation is 1. The van der Waals surface area contributed by atoms with Gasteiger partial charge in [0.25, 0.3) is 0 Å². The van der Waals surface area contributed by atoms with E-state index in [2.05, 4.69) is 23.3 Å². The van der Waals surface area contributed by atoms with Gasteiger partial charge in [0.15, 0.2) is 0 Å². The SMILES string of the molecule is CCCCCCCCCCCCc1ccc(Oc2ccc(S(=O)(=O)ON)cc2)cc1. The van der Waals surface area contributed by atoms with Crippen molar-refractivity contribution in [3.8, 4) is 11.5 Å². The molecule has 2 aromatic rings. The van der Waals surface area contributed by atoms with E-state index in [0.29, 0.717) is 11.5 Å². The second-order valence-corrected chi connectivity index (χ2v) is 9.27. The summed E-state index contributed by atoms with van der Waals surface area (Å²) < 4.78 is 32.8. The molecule has 0 aliphatic rings. The lowest BCUT2D eigenvalue weighted by Gasteiger charge is -2.08. The van der Waals surface area contributed by atoms with E-state index in [1.165, 1.54) is 81.9 Å². The molecule has 0 aliphatic carbocycles. The van der Waals surface area contributed by atoms with Crippen LogP contribution in [-0.2, 0) is 20.8 Å². The summed E-state index contributed by atoms with van der Waals surface area (Å²) in [6, 6.07) is 14.0. The van der Waals surface area contributed by atoms with Crippen molar-refractivity contribution >= 4 is 10.1 Å². The molecule has 0 aliphatic heterocycles. The molecule has 0 saturated heterocycles. The van der Waals surface area contributed by atoms with E-state index in [0.717, 1.165) is 6.42 Å². The van der Waals surface area contributed by atoms with Crippen molar-refractivity contribution < 1.29 is 17.4 Å². The highest BCUT2D eigenvalue weighted by Crippen LogP contribution is 2.24. The second-order valence-electron chi connectivity index (χ2n) is 7.70. The number of nitrogens with two attached hydrogens (primary N) is 1. The lowest BCUT2D eigenvalue weighted by Crippen LogP contribution is -2.10. The Morgan fingerprint density at radius 1 is 0.700 bits per heavy atom. The van der Waals surface area contributed by atoms with Gasteiger partial charge < -0.3 is 4.74 Å². The molecule has 0 heterocycles. The number of hydrogen-bond donors (Lipinski definition) is 1. The van der Waals surface area contributed by atoms with E-state index < -0.39 is 10.1 Å². The van der Waals surface area contributed by atoms with Crippen molar-refractivity contribution in [3.05, 3.63) is 54.1 Å². The maximum absolute atomic E-state index is 11.5. The van der Waals surface area contributed by atoms with Gasteiger partial charge in [0.1, 0.15) is 11.5 Å². The minimum atomic E-state index is -3.89. The van der Waals surface area contributed by atoms with Crippen molar-refractivity contribution in [2.45, 2.75) is 82.4 Å². The molecule has 0 fully saturated rings. The highest BCUT2D eigenvalue weighted by atomic mass is 32.2. The van der Waals surface area contributed by atoms with Crippen molar-refractivity contribution in [2.24, 2.45) is 5.90 Å². The van der Waals surface area contributed by atoms with E-state index in [9.17, 15) is 8.42 Å². The molecule has 30 heavy (non-hydrogen) atoms. The first kappa shape index (κ1) is 24.4. The normalized spacial score (nSPS) is 11.5. The van der Waals surface area contributed by atoms with Crippen LogP contribution in [0, 0.1) is 0 Å². The third-order valence-corrected chi connectivity index (χ3v) is 6.32. The first-order valence-electron chi connectivity index (χ1n) is 11.1. The molecule has 5 nitrogen and oxygen atoms in total. The van der Waals surface area contributed by atoms with Crippen molar-refractivity contribution in [1.82, 2.24) is 0 Å². The highest BCUT2D eigenvalue weighted by Gasteiger charge is 2.13. The lowest BCUT2D eigenvalue weighted by molar-refractivity contribution is 0.333. The Hall–Kier alpha value is -1.89. The van der Waals surface area contributed by atoms with Crippen molar-refractivity contribution in [3.63, 3.8) is 0 Å². The van der Waals surface area contributed by atoms with Gasteiger partial charge >= 0.3 is 10.1 Å². The smallest absolute Gasteiger partial charge is 0.312 e. The number of rotatable bonds is 15. The molecule has 2 N–H and O–H groups in total. The van der Waals surface area contributed by atoms with E-state index in [4.69, 9.17) is 10.6 Å². The molecule has 0 spiro atoms. The zero-order valence-electron chi connectivity index (χ0n) is 18.0. The lowest BCUT2D eigenvalue weighted by atomic mass is 10.0. The molecule has 0 atom stereocenters. The molecule has 0 radical (unpaired) electrons. The summed E-state index contributed by atoms with van der Waals surface area (Å²) in [6.07, 6.45) is 14.5. The topological polar surface area (TPSA) is 78.6 Å². The zero-order chi connectivity index (χ0) is 21.7. The Balaban J connectivity index is 1.65. The van der Waals surface area contributed by atoms with Crippen LogP contribution >= 0.6 is 0 Å². The van der Waals surface area contributed by atoms with Crippen molar-refractivity contribution in [1.29, 1.82) is 0 Å². The largest absolute Gasteiger partial charge is 0.457 e. The van der Waals surface area contributed by atoms with Gasteiger partial charge in [-0.1, -0.05) is 76.8 Å². The zero-order valence-corrected chi connectivity index (χ0v) is 18.8.